The molecule has 0 amide bonds. The lowest BCUT2D eigenvalue weighted by Crippen LogP contribution is -2.22. The molecule has 98 valence electrons. The first kappa shape index (κ1) is 14.8. The van der Waals surface area contributed by atoms with E-state index in [9.17, 15) is 0 Å². The summed E-state index contributed by atoms with van der Waals surface area (Å²) in [6.45, 7) is 6.42. The summed E-state index contributed by atoms with van der Waals surface area (Å²) in [4.78, 5) is 0. The topological polar surface area (TPSA) is 12.0 Å². The fourth-order valence-electron chi connectivity index (χ4n) is 1.95. The van der Waals surface area contributed by atoms with Gasteiger partial charge in [0.15, 0.2) is 0 Å². The van der Waals surface area contributed by atoms with Gasteiger partial charge in [-0.05, 0) is 31.0 Å². The zero-order valence-corrected chi connectivity index (χ0v) is 11.7. The molecule has 0 aliphatic carbocycles. The lowest BCUT2D eigenvalue weighted by atomic mass is 9.99. The predicted molar refractivity (Wildman–Crippen MR) is 79.5 cm³/mol. The van der Waals surface area contributed by atoms with Crippen molar-refractivity contribution in [3.63, 3.8) is 0 Å². The van der Waals surface area contributed by atoms with Crippen LogP contribution in [0, 0.1) is 17.8 Å². The molecule has 1 unspecified atom stereocenters. The summed E-state index contributed by atoms with van der Waals surface area (Å²) in [6, 6.07) is 10.2. The van der Waals surface area contributed by atoms with Crippen LogP contribution in [-0.4, -0.2) is 13.1 Å². The number of hydrogen-bond donors (Lipinski definition) is 1. The number of nitrogens with one attached hydrogen (secondary N) is 1. The first-order valence-corrected chi connectivity index (χ1v) is 7.11. The zero-order chi connectivity index (χ0) is 13.1. The van der Waals surface area contributed by atoms with Crippen molar-refractivity contribution in [1.29, 1.82) is 0 Å². The van der Waals surface area contributed by atoms with Crippen molar-refractivity contribution >= 4 is 0 Å². The Bertz CT molecular complexity index is 358. The van der Waals surface area contributed by atoms with Gasteiger partial charge in [-0.2, -0.15) is 0 Å². The number of hydrogen-bond acceptors (Lipinski definition) is 1. The van der Waals surface area contributed by atoms with Gasteiger partial charge in [-0.15, -0.1) is 0 Å². The largest absolute Gasteiger partial charge is 0.306 e. The van der Waals surface area contributed by atoms with Crippen molar-refractivity contribution in [3.8, 4) is 11.8 Å². The van der Waals surface area contributed by atoms with E-state index in [4.69, 9.17) is 0 Å². The lowest BCUT2D eigenvalue weighted by Gasteiger charge is -2.13. The number of rotatable bonds is 7. The Morgan fingerprint density at radius 3 is 2.61 bits per heavy atom. The Kier molecular flexibility index (Phi) is 8.01. The van der Waals surface area contributed by atoms with E-state index in [1.54, 1.807) is 0 Å². The molecule has 0 saturated heterocycles. The average Bonchev–Trinajstić information content (AvgIpc) is 2.43. The highest BCUT2D eigenvalue weighted by atomic mass is 14.8. The van der Waals surface area contributed by atoms with Gasteiger partial charge in [0.05, 0.1) is 6.54 Å². The number of benzene rings is 1. The third-order valence-corrected chi connectivity index (χ3v) is 3.20. The molecular formula is C17H25N. The minimum absolute atomic E-state index is 0.789. The highest BCUT2D eigenvalue weighted by molar-refractivity contribution is 5.33. The maximum atomic E-state index is 3.44. The molecule has 1 rings (SSSR count). The average molecular weight is 243 g/mol. The second-order valence-electron chi connectivity index (χ2n) is 4.72. The van der Waals surface area contributed by atoms with Gasteiger partial charge in [-0.1, -0.05) is 63.1 Å². The molecule has 1 N–H and O–H groups in total. The Hall–Kier alpha value is -1.26. The predicted octanol–water partition coefficient (Wildman–Crippen LogP) is 3.84. The van der Waals surface area contributed by atoms with E-state index in [0.29, 0.717) is 0 Å². The van der Waals surface area contributed by atoms with Crippen LogP contribution >= 0.6 is 0 Å². The molecule has 1 aromatic rings. The van der Waals surface area contributed by atoms with Crippen LogP contribution in [0.1, 0.15) is 45.1 Å². The van der Waals surface area contributed by atoms with Gasteiger partial charge in [0.1, 0.15) is 0 Å². The molecule has 0 aliphatic heterocycles. The molecular weight excluding hydrogens is 218 g/mol. The van der Waals surface area contributed by atoms with Crippen LogP contribution in [0.3, 0.4) is 0 Å². The molecule has 18 heavy (non-hydrogen) atoms. The van der Waals surface area contributed by atoms with Crippen LogP contribution in [0.25, 0.3) is 0 Å². The first-order valence-electron chi connectivity index (χ1n) is 7.11. The molecule has 1 aromatic carbocycles. The molecule has 0 saturated carbocycles. The van der Waals surface area contributed by atoms with Crippen molar-refractivity contribution in [3.05, 3.63) is 35.9 Å². The van der Waals surface area contributed by atoms with E-state index in [-0.39, 0.29) is 0 Å². The molecule has 1 atom stereocenters. The van der Waals surface area contributed by atoms with Crippen LogP contribution in [0.4, 0.5) is 0 Å². The van der Waals surface area contributed by atoms with Crippen molar-refractivity contribution in [2.75, 3.05) is 13.1 Å². The van der Waals surface area contributed by atoms with Crippen molar-refractivity contribution in [2.24, 2.45) is 5.92 Å². The normalized spacial score (nSPS) is 11.7. The van der Waals surface area contributed by atoms with E-state index in [1.165, 1.54) is 25.7 Å². The Labute approximate surface area is 112 Å². The van der Waals surface area contributed by atoms with Gasteiger partial charge < -0.3 is 5.32 Å². The van der Waals surface area contributed by atoms with Gasteiger partial charge in [0, 0.05) is 5.56 Å². The maximum absolute atomic E-state index is 3.44. The van der Waals surface area contributed by atoms with Crippen LogP contribution in [0.5, 0.6) is 0 Å². The van der Waals surface area contributed by atoms with Crippen molar-refractivity contribution < 1.29 is 0 Å². The van der Waals surface area contributed by atoms with Crippen LogP contribution in [0.15, 0.2) is 30.3 Å². The smallest absolute Gasteiger partial charge is 0.0580 e. The zero-order valence-electron chi connectivity index (χ0n) is 11.7. The van der Waals surface area contributed by atoms with Crippen molar-refractivity contribution in [1.82, 2.24) is 5.32 Å². The van der Waals surface area contributed by atoms with E-state index in [0.717, 1.165) is 24.6 Å². The monoisotopic (exact) mass is 243 g/mol. The standard InChI is InChI=1S/C17H25N/c1-3-5-10-16(4-2)15-18-14-9-13-17-11-7-6-8-12-17/h6-8,11-12,16,18H,3-5,10,14-15H2,1-2H3. The van der Waals surface area contributed by atoms with Crippen molar-refractivity contribution in [2.45, 2.75) is 39.5 Å². The summed E-state index contributed by atoms with van der Waals surface area (Å²) in [7, 11) is 0. The third-order valence-electron chi connectivity index (χ3n) is 3.20. The minimum Gasteiger partial charge on any atom is -0.306 e. The molecule has 1 heteroatoms. The molecule has 0 heterocycles. The lowest BCUT2D eigenvalue weighted by molar-refractivity contribution is 0.429. The quantitative estimate of drug-likeness (QED) is 0.566. The molecule has 0 fully saturated rings. The summed E-state index contributed by atoms with van der Waals surface area (Å²) in [5.74, 6) is 7.15. The summed E-state index contributed by atoms with van der Waals surface area (Å²) in [6.07, 6.45) is 5.24. The summed E-state index contributed by atoms with van der Waals surface area (Å²) in [5.41, 5.74) is 1.09. The van der Waals surface area contributed by atoms with Crippen LogP contribution < -0.4 is 5.32 Å². The van der Waals surface area contributed by atoms with E-state index >= 15 is 0 Å². The van der Waals surface area contributed by atoms with Gasteiger partial charge in [-0.25, -0.2) is 0 Å². The Morgan fingerprint density at radius 1 is 1.17 bits per heavy atom. The summed E-state index contributed by atoms with van der Waals surface area (Å²) < 4.78 is 0. The minimum atomic E-state index is 0.789. The SMILES string of the molecule is CCCCC(CC)CNCC#Cc1ccccc1. The van der Waals surface area contributed by atoms with Gasteiger partial charge >= 0.3 is 0 Å². The summed E-state index contributed by atoms with van der Waals surface area (Å²) in [5, 5.41) is 3.44. The fraction of sp³-hybridized carbons (Fsp3) is 0.529. The molecule has 0 radical (unpaired) electrons. The third kappa shape index (κ3) is 6.47. The Balaban J connectivity index is 2.20. The highest BCUT2D eigenvalue weighted by Crippen LogP contribution is 2.10. The molecule has 0 spiro atoms. The van der Waals surface area contributed by atoms with Crippen LogP contribution in [-0.2, 0) is 0 Å². The molecule has 1 nitrogen and oxygen atoms in total. The van der Waals surface area contributed by atoms with E-state index in [1.807, 2.05) is 30.3 Å². The van der Waals surface area contributed by atoms with Crippen LogP contribution in [0.2, 0.25) is 0 Å². The first-order chi connectivity index (χ1) is 8.86. The maximum Gasteiger partial charge on any atom is 0.0580 e. The van der Waals surface area contributed by atoms with E-state index in [2.05, 4.69) is 31.0 Å². The molecule has 0 aromatic heterocycles. The second-order valence-corrected chi connectivity index (χ2v) is 4.72. The second kappa shape index (κ2) is 9.74. The Morgan fingerprint density at radius 2 is 1.94 bits per heavy atom. The van der Waals surface area contributed by atoms with Gasteiger partial charge in [-0.3, -0.25) is 0 Å². The molecule has 0 bridgehead atoms. The van der Waals surface area contributed by atoms with Gasteiger partial charge in [0.25, 0.3) is 0 Å². The molecule has 0 aliphatic rings. The van der Waals surface area contributed by atoms with Gasteiger partial charge in [0.2, 0.25) is 0 Å². The summed E-state index contributed by atoms with van der Waals surface area (Å²) >= 11 is 0. The fourth-order valence-corrected chi connectivity index (χ4v) is 1.95. The highest BCUT2D eigenvalue weighted by Gasteiger charge is 2.03. The number of unbranched alkanes of at least 4 members (excludes halogenated alkanes) is 1. The van der Waals surface area contributed by atoms with E-state index < -0.39 is 0 Å².